The van der Waals surface area contributed by atoms with E-state index in [1.165, 1.54) is 6.08 Å². The van der Waals surface area contributed by atoms with E-state index >= 15 is 0 Å². The topological polar surface area (TPSA) is 54.4 Å². The minimum Gasteiger partial charge on any atom is -0.481 e. The van der Waals surface area contributed by atoms with Gasteiger partial charge in [0.1, 0.15) is 0 Å². The number of allylic oxidation sites excluding steroid dienone is 2. The molecular formula is C7H6O3. The maximum atomic E-state index is 10.8. The highest BCUT2D eigenvalue weighted by atomic mass is 16.4. The van der Waals surface area contributed by atoms with Gasteiger partial charge in [-0.2, -0.15) is 0 Å². The molecule has 2 aliphatic carbocycles. The van der Waals surface area contributed by atoms with Crippen LogP contribution >= 0.6 is 0 Å². The maximum absolute atomic E-state index is 10.8. The molecule has 2 unspecified atom stereocenters. The zero-order valence-electron chi connectivity index (χ0n) is 5.15. The van der Waals surface area contributed by atoms with Crippen LogP contribution < -0.4 is 0 Å². The van der Waals surface area contributed by atoms with Gasteiger partial charge in [-0.05, 0) is 6.08 Å². The number of carbonyl (C=O) groups is 2. The highest BCUT2D eigenvalue weighted by Crippen LogP contribution is 2.51. The molecule has 0 aliphatic heterocycles. The van der Waals surface area contributed by atoms with E-state index in [9.17, 15) is 9.59 Å². The molecule has 1 N–H and O–H groups in total. The van der Waals surface area contributed by atoms with E-state index in [4.69, 9.17) is 5.11 Å². The average Bonchev–Trinajstić information content (AvgIpc) is 2.48. The first-order valence-electron chi connectivity index (χ1n) is 3.16. The Hall–Kier alpha value is -1.12. The number of hydrogen-bond acceptors (Lipinski definition) is 2. The van der Waals surface area contributed by atoms with E-state index in [1.54, 1.807) is 6.08 Å². The molecule has 0 saturated heterocycles. The third kappa shape index (κ3) is 0.497. The number of carboxylic acids is 1. The standard InChI is InChI=1S/C7H6O3/c8-4-2-1-3-5(4)6(3)7(9)10/h1-3,5-6H,(H,9,10)/t3?,5?,6-/m0/s1. The molecule has 0 aromatic rings. The Kier molecular flexibility index (Phi) is 0.836. The number of carbonyl (C=O) groups excluding carboxylic acids is 1. The highest BCUT2D eigenvalue weighted by Gasteiger charge is 2.59. The molecule has 3 heteroatoms. The fourth-order valence-electron chi connectivity index (χ4n) is 1.58. The Labute approximate surface area is 57.3 Å². The predicted molar refractivity (Wildman–Crippen MR) is 32.3 cm³/mol. The zero-order valence-corrected chi connectivity index (χ0v) is 5.15. The lowest BCUT2D eigenvalue weighted by atomic mass is 10.2. The van der Waals surface area contributed by atoms with Crippen LogP contribution in [0.25, 0.3) is 0 Å². The number of ketones is 1. The summed E-state index contributed by atoms with van der Waals surface area (Å²) in [6, 6.07) is 0. The molecule has 1 fully saturated rings. The molecule has 0 spiro atoms. The van der Waals surface area contributed by atoms with Crippen LogP contribution in [-0.4, -0.2) is 16.9 Å². The van der Waals surface area contributed by atoms with Crippen molar-refractivity contribution in [2.24, 2.45) is 17.8 Å². The van der Waals surface area contributed by atoms with Crippen molar-refractivity contribution in [3.63, 3.8) is 0 Å². The quantitative estimate of drug-likeness (QED) is 0.558. The summed E-state index contributed by atoms with van der Waals surface area (Å²) in [5.74, 6) is -1.45. The van der Waals surface area contributed by atoms with Crippen molar-refractivity contribution in [1.82, 2.24) is 0 Å². The third-order valence-electron chi connectivity index (χ3n) is 2.17. The number of aliphatic carboxylic acids is 1. The van der Waals surface area contributed by atoms with Crippen LogP contribution in [0.2, 0.25) is 0 Å². The molecular weight excluding hydrogens is 132 g/mol. The molecule has 3 nitrogen and oxygen atoms in total. The Morgan fingerprint density at radius 2 is 2.30 bits per heavy atom. The molecule has 52 valence electrons. The third-order valence-corrected chi connectivity index (χ3v) is 2.17. The predicted octanol–water partition coefficient (Wildman–Crippen LogP) is 0.0721. The van der Waals surface area contributed by atoms with E-state index in [1.807, 2.05) is 0 Å². The van der Waals surface area contributed by atoms with Crippen molar-refractivity contribution in [2.45, 2.75) is 0 Å². The molecule has 2 aliphatic rings. The second kappa shape index (κ2) is 1.48. The summed E-state index contributed by atoms with van der Waals surface area (Å²) in [6.07, 6.45) is 3.18. The van der Waals surface area contributed by atoms with Gasteiger partial charge < -0.3 is 5.11 Å². The fourth-order valence-corrected chi connectivity index (χ4v) is 1.58. The van der Waals surface area contributed by atoms with Gasteiger partial charge in [-0.3, -0.25) is 9.59 Å². The number of rotatable bonds is 1. The maximum Gasteiger partial charge on any atom is 0.307 e. The smallest absolute Gasteiger partial charge is 0.307 e. The molecule has 2 rings (SSSR count). The minimum absolute atomic E-state index is 0.0163. The summed E-state index contributed by atoms with van der Waals surface area (Å²) in [6.45, 7) is 0. The van der Waals surface area contributed by atoms with Crippen LogP contribution in [0.3, 0.4) is 0 Å². The fraction of sp³-hybridized carbons (Fsp3) is 0.429. The van der Waals surface area contributed by atoms with Crippen molar-refractivity contribution in [1.29, 1.82) is 0 Å². The molecule has 10 heavy (non-hydrogen) atoms. The molecule has 0 aromatic heterocycles. The lowest BCUT2D eigenvalue weighted by Gasteiger charge is -1.88. The average molecular weight is 138 g/mol. The van der Waals surface area contributed by atoms with Crippen molar-refractivity contribution < 1.29 is 14.7 Å². The summed E-state index contributed by atoms with van der Waals surface area (Å²) < 4.78 is 0. The zero-order chi connectivity index (χ0) is 7.30. The first-order chi connectivity index (χ1) is 4.72. The summed E-state index contributed by atoms with van der Waals surface area (Å²) in [5, 5.41) is 8.49. The largest absolute Gasteiger partial charge is 0.481 e. The van der Waals surface area contributed by atoms with Gasteiger partial charge in [0, 0.05) is 11.8 Å². The first kappa shape index (κ1) is 5.65. The van der Waals surface area contributed by atoms with Crippen LogP contribution in [-0.2, 0) is 9.59 Å². The lowest BCUT2D eigenvalue weighted by Crippen LogP contribution is -2.05. The highest BCUT2D eigenvalue weighted by molar-refractivity contribution is 6.02. The monoisotopic (exact) mass is 138 g/mol. The Morgan fingerprint density at radius 1 is 1.60 bits per heavy atom. The molecule has 3 atom stereocenters. The van der Waals surface area contributed by atoms with Gasteiger partial charge in [0.05, 0.1) is 5.92 Å². The summed E-state index contributed by atoms with van der Waals surface area (Å²) >= 11 is 0. The van der Waals surface area contributed by atoms with Crippen molar-refractivity contribution in [3.05, 3.63) is 12.2 Å². The van der Waals surface area contributed by atoms with Gasteiger partial charge in [0.25, 0.3) is 0 Å². The minimum atomic E-state index is -0.840. The summed E-state index contributed by atoms with van der Waals surface area (Å²) in [7, 11) is 0. The molecule has 0 radical (unpaired) electrons. The normalized spacial score (nSPS) is 41.6. The second-order valence-electron chi connectivity index (χ2n) is 2.73. The van der Waals surface area contributed by atoms with E-state index in [2.05, 4.69) is 0 Å². The first-order valence-corrected chi connectivity index (χ1v) is 3.16. The van der Waals surface area contributed by atoms with Gasteiger partial charge >= 0.3 is 5.97 Å². The van der Waals surface area contributed by atoms with Crippen LogP contribution in [0.4, 0.5) is 0 Å². The molecule has 1 saturated carbocycles. The van der Waals surface area contributed by atoms with Gasteiger partial charge in [-0.25, -0.2) is 0 Å². The molecule has 0 amide bonds. The Balaban J connectivity index is 2.19. The van der Waals surface area contributed by atoms with Crippen LogP contribution in [0.15, 0.2) is 12.2 Å². The van der Waals surface area contributed by atoms with Gasteiger partial charge in [0.2, 0.25) is 0 Å². The summed E-state index contributed by atoms with van der Waals surface area (Å²) in [4.78, 5) is 21.1. The van der Waals surface area contributed by atoms with Gasteiger partial charge in [-0.15, -0.1) is 0 Å². The summed E-state index contributed by atoms with van der Waals surface area (Å²) in [5.41, 5.74) is 0. The molecule has 0 aromatic carbocycles. The van der Waals surface area contributed by atoms with Crippen molar-refractivity contribution in [2.75, 3.05) is 0 Å². The number of carboxylic acid groups (broad SMARTS) is 1. The van der Waals surface area contributed by atoms with E-state index in [0.717, 1.165) is 0 Å². The molecule has 0 bridgehead atoms. The second-order valence-corrected chi connectivity index (χ2v) is 2.73. The number of hydrogen-bond donors (Lipinski definition) is 1. The van der Waals surface area contributed by atoms with E-state index < -0.39 is 11.9 Å². The van der Waals surface area contributed by atoms with Crippen LogP contribution in [0, 0.1) is 17.8 Å². The lowest BCUT2D eigenvalue weighted by molar-refractivity contribution is -0.139. The van der Waals surface area contributed by atoms with Crippen molar-refractivity contribution >= 4 is 11.8 Å². The van der Waals surface area contributed by atoms with Crippen LogP contribution in [0.1, 0.15) is 0 Å². The Bertz CT molecular complexity index is 241. The van der Waals surface area contributed by atoms with E-state index in [-0.39, 0.29) is 17.6 Å². The molecule has 0 heterocycles. The van der Waals surface area contributed by atoms with Gasteiger partial charge in [-0.1, -0.05) is 6.08 Å². The van der Waals surface area contributed by atoms with E-state index in [0.29, 0.717) is 0 Å². The number of fused-ring (bicyclic) bond motifs is 1. The Morgan fingerprint density at radius 3 is 2.60 bits per heavy atom. The SMILES string of the molecule is O=C1C=CC2C1[C@H]2C(=O)O. The van der Waals surface area contributed by atoms with Crippen LogP contribution in [0.5, 0.6) is 0 Å². The van der Waals surface area contributed by atoms with Gasteiger partial charge in [0.15, 0.2) is 5.78 Å². The van der Waals surface area contributed by atoms with Crippen molar-refractivity contribution in [3.8, 4) is 0 Å².